The van der Waals surface area contributed by atoms with Crippen molar-refractivity contribution in [3.05, 3.63) is 18.2 Å². The van der Waals surface area contributed by atoms with Crippen LogP contribution in [0.5, 0.6) is 0 Å². The molecule has 1 aromatic heterocycles. The van der Waals surface area contributed by atoms with Crippen molar-refractivity contribution in [2.45, 2.75) is 0 Å². The van der Waals surface area contributed by atoms with Crippen LogP contribution >= 0.6 is 0 Å². The zero-order valence-electron chi connectivity index (χ0n) is 5.87. The summed E-state index contributed by atoms with van der Waals surface area (Å²) in [6, 6.07) is 0. The third-order valence-corrected chi connectivity index (χ3v) is 1.10. The molecule has 10 heavy (non-hydrogen) atoms. The molecule has 0 atom stereocenters. The van der Waals surface area contributed by atoms with Crippen LogP contribution in [0, 0.1) is 0 Å². The Morgan fingerprint density at radius 2 is 2.50 bits per heavy atom. The van der Waals surface area contributed by atoms with Crippen molar-refractivity contribution >= 4 is 5.97 Å². The lowest BCUT2D eigenvalue weighted by atomic mass is 10.5. The van der Waals surface area contributed by atoms with E-state index in [0.717, 1.165) is 0 Å². The summed E-state index contributed by atoms with van der Waals surface area (Å²) in [5.41, 5.74) is 0.338. The Kier molecular flexibility index (Phi) is 1.71. The molecule has 0 aliphatic carbocycles. The molecule has 4 nitrogen and oxygen atoms in total. The number of carbonyl (C=O) groups is 1. The van der Waals surface area contributed by atoms with Crippen LogP contribution < -0.4 is 0 Å². The van der Waals surface area contributed by atoms with Gasteiger partial charge in [0.05, 0.1) is 13.4 Å². The molecule has 0 N–H and O–H groups in total. The van der Waals surface area contributed by atoms with Gasteiger partial charge in [-0.15, -0.1) is 0 Å². The average molecular weight is 140 g/mol. The Bertz CT molecular complexity index is 242. The fraction of sp³-hybridized carbons (Fsp3) is 0.333. The molecule has 1 rings (SSSR count). The molecule has 0 amide bonds. The highest BCUT2D eigenvalue weighted by Gasteiger charge is 2.06. The van der Waals surface area contributed by atoms with E-state index in [1.165, 1.54) is 7.11 Å². The molecule has 0 bridgehead atoms. The largest absolute Gasteiger partial charge is 0.464 e. The van der Waals surface area contributed by atoms with E-state index < -0.39 is 5.97 Å². The number of hydrogen-bond acceptors (Lipinski definition) is 3. The first-order valence-corrected chi connectivity index (χ1v) is 2.80. The Labute approximate surface area is 58.4 Å². The minimum absolute atomic E-state index is 0.338. The number of nitrogens with zero attached hydrogens (tertiary/aromatic N) is 2. The van der Waals surface area contributed by atoms with Gasteiger partial charge in [0.25, 0.3) is 0 Å². The van der Waals surface area contributed by atoms with E-state index in [2.05, 4.69) is 9.72 Å². The van der Waals surface area contributed by atoms with E-state index in [0.29, 0.717) is 5.69 Å². The lowest BCUT2D eigenvalue weighted by molar-refractivity contribution is 0.0594. The molecule has 0 aliphatic heterocycles. The van der Waals surface area contributed by atoms with Gasteiger partial charge in [-0.25, -0.2) is 9.78 Å². The smallest absolute Gasteiger partial charge is 0.358 e. The highest BCUT2D eigenvalue weighted by atomic mass is 16.5. The van der Waals surface area contributed by atoms with Crippen LogP contribution in [0.4, 0.5) is 0 Å². The van der Waals surface area contributed by atoms with Gasteiger partial charge < -0.3 is 9.30 Å². The van der Waals surface area contributed by atoms with Crippen molar-refractivity contribution in [1.82, 2.24) is 9.55 Å². The molecule has 0 aliphatic rings. The maximum Gasteiger partial charge on any atom is 0.358 e. The third kappa shape index (κ3) is 1.15. The van der Waals surface area contributed by atoms with Crippen molar-refractivity contribution in [3.8, 4) is 0 Å². The van der Waals surface area contributed by atoms with E-state index in [1.54, 1.807) is 24.1 Å². The van der Waals surface area contributed by atoms with Crippen LogP contribution in [0.2, 0.25) is 0 Å². The number of carbonyl (C=O) groups excluding carboxylic acids is 1. The van der Waals surface area contributed by atoms with Gasteiger partial charge in [-0.1, -0.05) is 0 Å². The standard InChI is InChI=1S/C6H8N2O2/c1-8-3-5(7-4-8)6(9)10-2/h3-4H,1-2H3. The van der Waals surface area contributed by atoms with E-state index in [1.807, 2.05) is 0 Å². The normalized spacial score (nSPS) is 9.40. The maximum atomic E-state index is 10.7. The molecule has 0 saturated heterocycles. The Morgan fingerprint density at radius 1 is 1.80 bits per heavy atom. The minimum atomic E-state index is -0.402. The number of hydrogen-bond donors (Lipinski definition) is 0. The first kappa shape index (κ1) is 6.80. The number of rotatable bonds is 1. The SMILES string of the molecule is COC(=O)c1cn(C)cn1. The molecule has 1 heterocycles. The number of aromatic nitrogens is 2. The van der Waals surface area contributed by atoms with Crippen molar-refractivity contribution in [1.29, 1.82) is 0 Å². The molecular formula is C6H8N2O2. The van der Waals surface area contributed by atoms with Gasteiger partial charge in [-0.05, 0) is 0 Å². The van der Waals surface area contributed by atoms with Gasteiger partial charge in [-0.3, -0.25) is 0 Å². The second kappa shape index (κ2) is 2.51. The van der Waals surface area contributed by atoms with Crippen molar-refractivity contribution in [2.24, 2.45) is 7.05 Å². The zero-order chi connectivity index (χ0) is 7.56. The first-order chi connectivity index (χ1) is 4.74. The Hall–Kier alpha value is -1.32. The summed E-state index contributed by atoms with van der Waals surface area (Å²) in [5.74, 6) is -0.402. The van der Waals surface area contributed by atoms with Crippen LogP contribution in [-0.4, -0.2) is 22.6 Å². The second-order valence-electron chi connectivity index (χ2n) is 1.92. The van der Waals surface area contributed by atoms with E-state index in [4.69, 9.17) is 0 Å². The van der Waals surface area contributed by atoms with Crippen LogP contribution in [0.25, 0.3) is 0 Å². The topological polar surface area (TPSA) is 44.1 Å². The zero-order valence-corrected chi connectivity index (χ0v) is 5.87. The average Bonchev–Trinajstić information content (AvgIpc) is 2.34. The van der Waals surface area contributed by atoms with Crippen molar-refractivity contribution < 1.29 is 9.53 Å². The fourth-order valence-corrected chi connectivity index (χ4v) is 0.623. The lowest BCUT2D eigenvalue weighted by Crippen LogP contribution is -2.00. The summed E-state index contributed by atoms with van der Waals surface area (Å²) >= 11 is 0. The molecule has 0 saturated carbocycles. The predicted molar refractivity (Wildman–Crippen MR) is 34.5 cm³/mol. The van der Waals surface area contributed by atoms with Crippen LogP contribution in [0.15, 0.2) is 12.5 Å². The maximum absolute atomic E-state index is 10.7. The highest BCUT2D eigenvalue weighted by Crippen LogP contribution is 1.94. The molecule has 0 unspecified atom stereocenters. The van der Waals surface area contributed by atoms with Crippen LogP contribution in [0.3, 0.4) is 0 Å². The molecule has 0 radical (unpaired) electrons. The van der Waals surface area contributed by atoms with E-state index in [-0.39, 0.29) is 0 Å². The molecular weight excluding hydrogens is 132 g/mol. The van der Waals surface area contributed by atoms with Gasteiger partial charge in [0.1, 0.15) is 0 Å². The minimum Gasteiger partial charge on any atom is -0.464 e. The molecule has 0 spiro atoms. The summed E-state index contributed by atoms with van der Waals surface area (Å²) < 4.78 is 6.12. The quantitative estimate of drug-likeness (QED) is 0.523. The van der Waals surface area contributed by atoms with E-state index >= 15 is 0 Å². The summed E-state index contributed by atoms with van der Waals surface area (Å²) in [6.07, 6.45) is 3.15. The third-order valence-electron chi connectivity index (χ3n) is 1.10. The van der Waals surface area contributed by atoms with Crippen LogP contribution in [0.1, 0.15) is 10.5 Å². The predicted octanol–water partition coefficient (Wildman–Crippen LogP) is 0.207. The van der Waals surface area contributed by atoms with E-state index in [9.17, 15) is 4.79 Å². The number of imidazole rings is 1. The number of aryl methyl sites for hydroxylation is 1. The molecule has 54 valence electrons. The summed E-state index contributed by atoms with van der Waals surface area (Å²) in [7, 11) is 3.12. The Morgan fingerprint density at radius 3 is 2.90 bits per heavy atom. The van der Waals surface area contributed by atoms with Gasteiger partial charge in [-0.2, -0.15) is 0 Å². The first-order valence-electron chi connectivity index (χ1n) is 2.80. The van der Waals surface area contributed by atoms with Gasteiger partial charge in [0, 0.05) is 13.2 Å². The number of methoxy groups -OCH3 is 1. The number of esters is 1. The molecule has 4 heteroatoms. The van der Waals surface area contributed by atoms with Crippen LogP contribution in [-0.2, 0) is 11.8 Å². The monoisotopic (exact) mass is 140 g/mol. The summed E-state index contributed by atoms with van der Waals surface area (Å²) in [4.78, 5) is 14.5. The molecule has 0 aromatic carbocycles. The highest BCUT2D eigenvalue weighted by molar-refractivity contribution is 5.86. The van der Waals surface area contributed by atoms with Gasteiger partial charge in [0.2, 0.25) is 0 Å². The summed E-state index contributed by atoms with van der Waals surface area (Å²) in [5, 5.41) is 0. The fourth-order valence-electron chi connectivity index (χ4n) is 0.623. The molecule has 0 fully saturated rings. The van der Waals surface area contributed by atoms with Gasteiger partial charge >= 0.3 is 5.97 Å². The Balaban J connectivity index is 2.85. The lowest BCUT2D eigenvalue weighted by Gasteiger charge is -1.90. The summed E-state index contributed by atoms with van der Waals surface area (Å²) in [6.45, 7) is 0. The van der Waals surface area contributed by atoms with Crippen molar-refractivity contribution in [3.63, 3.8) is 0 Å². The second-order valence-corrected chi connectivity index (χ2v) is 1.92. The number of ether oxygens (including phenoxy) is 1. The van der Waals surface area contributed by atoms with Crippen molar-refractivity contribution in [2.75, 3.05) is 7.11 Å². The molecule has 1 aromatic rings. The van der Waals surface area contributed by atoms with Gasteiger partial charge in [0.15, 0.2) is 5.69 Å².